The molecule has 272 valence electrons. The highest BCUT2D eigenvalue weighted by Crippen LogP contribution is 2.48. The summed E-state index contributed by atoms with van der Waals surface area (Å²) in [5.74, 6) is -4.64. The summed E-state index contributed by atoms with van der Waals surface area (Å²) in [6.45, 7) is 7.32. The Kier molecular flexibility index (Phi) is 12.2. The van der Waals surface area contributed by atoms with Crippen molar-refractivity contribution in [3.05, 3.63) is 72.3 Å². The van der Waals surface area contributed by atoms with Gasteiger partial charge in [0.2, 0.25) is 11.8 Å². The monoisotopic (exact) mass is 703 g/mol. The fourth-order valence-electron chi connectivity index (χ4n) is 6.67. The zero-order valence-corrected chi connectivity index (χ0v) is 29.3. The first-order valence-electron chi connectivity index (χ1n) is 17.0. The zero-order chi connectivity index (χ0) is 36.5. The average molecular weight is 704 g/mol. The van der Waals surface area contributed by atoms with Crippen molar-refractivity contribution in [2.45, 2.75) is 38.7 Å². The molecule has 2 fully saturated rings. The summed E-state index contributed by atoms with van der Waals surface area (Å²) < 4.78 is 28.3. The third kappa shape index (κ3) is 8.61. The van der Waals surface area contributed by atoms with Crippen LogP contribution in [0.25, 0.3) is 0 Å². The van der Waals surface area contributed by atoms with Crippen LogP contribution in [-0.4, -0.2) is 92.3 Å². The van der Waals surface area contributed by atoms with Crippen LogP contribution in [0.1, 0.15) is 38.7 Å². The molecule has 0 bridgehead atoms. The van der Waals surface area contributed by atoms with E-state index in [1.54, 1.807) is 71.6 Å². The van der Waals surface area contributed by atoms with Gasteiger partial charge in [-0.05, 0) is 62.7 Å². The Morgan fingerprint density at radius 3 is 2.02 bits per heavy atom. The highest BCUT2D eigenvalue weighted by molar-refractivity contribution is 6.11. The van der Waals surface area contributed by atoms with Gasteiger partial charge in [0.05, 0.1) is 56.4 Å². The summed E-state index contributed by atoms with van der Waals surface area (Å²) in [5, 5.41) is 17.6. The number of Topliss-reactive ketones (excluding diaryl/α,β-unsaturated/α-hetero) is 1. The summed E-state index contributed by atoms with van der Waals surface area (Å²) in [4.78, 5) is 56.9. The zero-order valence-electron chi connectivity index (χ0n) is 29.3. The number of nitrogens with one attached hydrogen (secondary N) is 2. The number of ether oxygens (including phenoxy) is 5. The van der Waals surface area contributed by atoms with Gasteiger partial charge in [-0.2, -0.15) is 0 Å². The summed E-state index contributed by atoms with van der Waals surface area (Å²) in [5.41, 5.74) is -0.775. The minimum atomic E-state index is -1.86. The highest BCUT2D eigenvalue weighted by Gasteiger charge is 2.56. The van der Waals surface area contributed by atoms with Crippen LogP contribution in [-0.2, 0) is 23.9 Å². The van der Waals surface area contributed by atoms with E-state index < -0.39 is 47.4 Å². The van der Waals surface area contributed by atoms with E-state index in [1.165, 1.54) is 14.0 Å². The molecular formula is C38H45N3O10. The maximum atomic E-state index is 14.3. The van der Waals surface area contributed by atoms with Crippen molar-refractivity contribution in [3.63, 3.8) is 0 Å². The van der Waals surface area contributed by atoms with Crippen LogP contribution < -0.4 is 29.6 Å². The van der Waals surface area contributed by atoms with Gasteiger partial charge in [0.15, 0.2) is 18.1 Å². The van der Waals surface area contributed by atoms with E-state index in [0.717, 1.165) is 0 Å². The van der Waals surface area contributed by atoms with Crippen molar-refractivity contribution in [2.24, 2.45) is 11.8 Å². The molecule has 5 rings (SSSR count). The lowest BCUT2D eigenvalue weighted by atomic mass is 9.61. The van der Waals surface area contributed by atoms with E-state index in [2.05, 4.69) is 10.6 Å². The van der Waals surface area contributed by atoms with Gasteiger partial charge in [-0.15, -0.1) is 0 Å². The third-order valence-electron chi connectivity index (χ3n) is 9.01. The van der Waals surface area contributed by atoms with Crippen molar-refractivity contribution in [3.8, 4) is 23.0 Å². The Morgan fingerprint density at radius 1 is 0.843 bits per heavy atom. The van der Waals surface area contributed by atoms with E-state index in [9.17, 15) is 24.3 Å². The van der Waals surface area contributed by atoms with Crippen LogP contribution in [0.2, 0.25) is 0 Å². The van der Waals surface area contributed by atoms with Gasteiger partial charge in [-0.1, -0.05) is 30.3 Å². The molecule has 3 aromatic rings. The molecule has 0 radical (unpaired) electrons. The van der Waals surface area contributed by atoms with Crippen molar-refractivity contribution in [2.75, 3.05) is 63.9 Å². The summed E-state index contributed by atoms with van der Waals surface area (Å²) in [7, 11) is 1.42. The molecule has 0 spiro atoms. The van der Waals surface area contributed by atoms with Crippen LogP contribution in [0.5, 0.6) is 23.0 Å². The molecule has 1 saturated heterocycles. The summed E-state index contributed by atoms with van der Waals surface area (Å²) in [6, 6.07) is 18.5. The normalized spacial score (nSPS) is 21.7. The standard InChI is InChI=1S/C38H45N3O10/c1-5-49-28-13-9-7-11-25(28)39-36(44)34-27(42)22-38(3,46)35(37(45)40-26-12-8-10-14-29(26)50-6-2)33(34)24-15-16-30(31(21-24)47-4)51-23-32(43)41-17-19-48-20-18-41/h7-16,21,33-35,46H,5-6,17-20,22-23H2,1-4H3,(H,39,44)(H,40,45). The number of hydrogen-bond donors (Lipinski definition) is 3. The molecule has 51 heavy (non-hydrogen) atoms. The quantitative estimate of drug-likeness (QED) is 0.222. The van der Waals surface area contributed by atoms with E-state index in [0.29, 0.717) is 68.0 Å². The molecule has 4 unspecified atom stereocenters. The van der Waals surface area contributed by atoms with Gasteiger partial charge >= 0.3 is 0 Å². The minimum Gasteiger partial charge on any atom is -0.493 e. The molecule has 13 nitrogen and oxygen atoms in total. The SMILES string of the molecule is CCOc1ccccc1NC(=O)C1C(=O)CC(C)(O)C(C(=O)Nc2ccccc2OCC)C1c1ccc(OCC(=O)N2CCOCC2)c(OC)c1. The van der Waals surface area contributed by atoms with Gasteiger partial charge in [0.1, 0.15) is 23.2 Å². The number of hydrogen-bond acceptors (Lipinski definition) is 10. The summed E-state index contributed by atoms with van der Waals surface area (Å²) >= 11 is 0. The van der Waals surface area contributed by atoms with E-state index in [4.69, 9.17) is 23.7 Å². The Balaban J connectivity index is 1.54. The maximum Gasteiger partial charge on any atom is 0.260 e. The smallest absolute Gasteiger partial charge is 0.260 e. The summed E-state index contributed by atoms with van der Waals surface area (Å²) in [6.07, 6.45) is -0.456. The second kappa shape index (κ2) is 16.7. The molecule has 4 atom stereocenters. The number of morpholine rings is 1. The molecule has 1 aliphatic heterocycles. The van der Waals surface area contributed by atoms with E-state index >= 15 is 0 Å². The van der Waals surface area contributed by atoms with Crippen LogP contribution in [0.3, 0.4) is 0 Å². The number of amides is 3. The third-order valence-corrected chi connectivity index (χ3v) is 9.01. The molecule has 3 N–H and O–H groups in total. The molecule has 1 aliphatic carbocycles. The van der Waals surface area contributed by atoms with Crippen LogP contribution >= 0.6 is 0 Å². The lowest BCUT2D eigenvalue weighted by Crippen LogP contribution is -2.56. The molecule has 2 aliphatic rings. The molecule has 1 saturated carbocycles. The number of methoxy groups -OCH3 is 1. The molecule has 1 heterocycles. The van der Waals surface area contributed by atoms with Crippen molar-refractivity contribution in [1.29, 1.82) is 0 Å². The second-order valence-electron chi connectivity index (χ2n) is 12.5. The fourth-order valence-corrected chi connectivity index (χ4v) is 6.67. The number of nitrogens with zero attached hydrogens (tertiary/aromatic N) is 1. The Labute approximate surface area is 297 Å². The molecular weight excluding hydrogens is 658 g/mol. The van der Waals surface area contributed by atoms with E-state index in [1.807, 2.05) is 13.8 Å². The lowest BCUT2D eigenvalue weighted by Gasteiger charge is -2.44. The van der Waals surface area contributed by atoms with Crippen molar-refractivity contribution in [1.82, 2.24) is 4.90 Å². The van der Waals surface area contributed by atoms with Crippen LogP contribution in [0, 0.1) is 11.8 Å². The average Bonchev–Trinajstić information content (AvgIpc) is 3.12. The number of aliphatic hydroxyl groups is 1. The van der Waals surface area contributed by atoms with Crippen LogP contribution in [0.15, 0.2) is 66.7 Å². The van der Waals surface area contributed by atoms with Crippen LogP contribution in [0.4, 0.5) is 11.4 Å². The van der Waals surface area contributed by atoms with Gasteiger partial charge in [0, 0.05) is 25.4 Å². The van der Waals surface area contributed by atoms with Crippen molar-refractivity contribution >= 4 is 34.9 Å². The number of para-hydroxylation sites is 4. The second-order valence-corrected chi connectivity index (χ2v) is 12.5. The number of anilines is 2. The van der Waals surface area contributed by atoms with Gasteiger partial charge in [-0.3, -0.25) is 19.2 Å². The predicted octanol–water partition coefficient (Wildman–Crippen LogP) is 4.05. The number of carbonyl (C=O) groups is 4. The Hall–Kier alpha value is -5.14. The van der Waals surface area contributed by atoms with Gasteiger partial charge in [0.25, 0.3) is 5.91 Å². The first kappa shape index (κ1) is 37.1. The topological polar surface area (TPSA) is 162 Å². The van der Waals surface area contributed by atoms with Gasteiger partial charge in [-0.25, -0.2) is 0 Å². The first-order chi connectivity index (χ1) is 24.6. The maximum absolute atomic E-state index is 14.3. The molecule has 3 amide bonds. The first-order valence-corrected chi connectivity index (χ1v) is 17.0. The lowest BCUT2D eigenvalue weighted by molar-refractivity contribution is -0.151. The molecule has 3 aromatic carbocycles. The number of rotatable bonds is 13. The number of carbonyl (C=O) groups excluding carboxylic acids is 4. The molecule has 0 aromatic heterocycles. The largest absolute Gasteiger partial charge is 0.493 e. The molecule has 13 heteroatoms. The number of ketones is 1. The van der Waals surface area contributed by atoms with E-state index in [-0.39, 0.29) is 24.0 Å². The Morgan fingerprint density at radius 2 is 1.43 bits per heavy atom. The minimum absolute atomic E-state index is 0.210. The highest BCUT2D eigenvalue weighted by atomic mass is 16.5. The van der Waals surface area contributed by atoms with Crippen molar-refractivity contribution < 1.29 is 48.0 Å². The Bertz CT molecular complexity index is 1720. The fraction of sp³-hybridized carbons (Fsp3) is 0.421. The predicted molar refractivity (Wildman–Crippen MR) is 188 cm³/mol. The van der Waals surface area contributed by atoms with Gasteiger partial charge < -0.3 is 44.3 Å². The number of benzene rings is 3.